The Labute approximate surface area is 156 Å². The average Bonchev–Trinajstić information content (AvgIpc) is 2.82. The van der Waals surface area contributed by atoms with Gasteiger partial charge in [-0.15, -0.1) is 0 Å². The summed E-state index contributed by atoms with van der Waals surface area (Å²) in [5.74, 6) is -0.981. The Kier molecular flexibility index (Phi) is 5.09. The summed E-state index contributed by atoms with van der Waals surface area (Å²) in [5.41, 5.74) is 1.60. The van der Waals surface area contributed by atoms with E-state index < -0.39 is 5.91 Å². The molecule has 3 rings (SSSR count). The van der Waals surface area contributed by atoms with Gasteiger partial charge < -0.3 is 5.32 Å². The van der Waals surface area contributed by atoms with E-state index in [2.05, 4.69) is 5.32 Å². The molecule has 1 aliphatic rings. The molecule has 1 N–H and O–H groups in total. The van der Waals surface area contributed by atoms with Crippen LogP contribution in [0.4, 0.5) is 10.1 Å². The first-order chi connectivity index (χ1) is 12.4. The lowest BCUT2D eigenvalue weighted by Crippen LogP contribution is -2.35. The fraction of sp³-hybridized carbons (Fsp3) is 0.200. The van der Waals surface area contributed by atoms with E-state index in [9.17, 15) is 14.0 Å². The predicted molar refractivity (Wildman–Crippen MR) is 100.0 cm³/mol. The number of benzene rings is 2. The molecule has 0 unspecified atom stereocenters. The number of hydrogen-bond acceptors (Lipinski definition) is 3. The van der Waals surface area contributed by atoms with Crippen molar-refractivity contribution < 1.29 is 14.0 Å². The van der Waals surface area contributed by atoms with Crippen molar-refractivity contribution in [2.75, 3.05) is 11.9 Å². The largest absolute Gasteiger partial charge is 0.350 e. The first-order valence-corrected chi connectivity index (χ1v) is 8.63. The zero-order chi connectivity index (χ0) is 18.8. The van der Waals surface area contributed by atoms with E-state index in [-0.39, 0.29) is 28.9 Å². The quantitative estimate of drug-likeness (QED) is 0.795. The Bertz CT molecular complexity index is 874. The highest BCUT2D eigenvalue weighted by atomic mass is 35.5. The van der Waals surface area contributed by atoms with Crippen molar-refractivity contribution in [2.24, 2.45) is 5.92 Å². The molecule has 26 heavy (non-hydrogen) atoms. The Balaban J connectivity index is 2.04. The van der Waals surface area contributed by atoms with Crippen LogP contribution < -0.4 is 5.32 Å². The smallest absolute Gasteiger partial charge is 0.278 e. The second-order valence-electron chi connectivity index (χ2n) is 6.50. The molecule has 134 valence electrons. The summed E-state index contributed by atoms with van der Waals surface area (Å²) in [5, 5.41) is 3.52. The lowest BCUT2D eigenvalue weighted by molar-refractivity contribution is -0.137. The van der Waals surface area contributed by atoms with Crippen LogP contribution in [0.25, 0.3) is 5.57 Å². The van der Waals surface area contributed by atoms with Crippen LogP contribution in [0.5, 0.6) is 0 Å². The zero-order valence-corrected chi connectivity index (χ0v) is 15.2. The van der Waals surface area contributed by atoms with Gasteiger partial charge in [-0.2, -0.15) is 0 Å². The third-order valence-electron chi connectivity index (χ3n) is 3.96. The number of carbonyl (C=O) groups is 2. The minimum atomic E-state index is -0.391. The molecule has 1 aliphatic heterocycles. The maximum atomic E-state index is 13.1. The summed E-state index contributed by atoms with van der Waals surface area (Å²) < 4.78 is 13.1. The minimum Gasteiger partial charge on any atom is -0.350 e. The Morgan fingerprint density at radius 3 is 2.19 bits per heavy atom. The van der Waals surface area contributed by atoms with Crippen molar-refractivity contribution in [3.05, 3.63) is 70.6 Å². The summed E-state index contributed by atoms with van der Waals surface area (Å²) in [6, 6.07) is 12.4. The molecule has 0 radical (unpaired) electrons. The zero-order valence-electron chi connectivity index (χ0n) is 14.4. The third kappa shape index (κ3) is 3.63. The van der Waals surface area contributed by atoms with Gasteiger partial charge in [-0.1, -0.05) is 37.6 Å². The first kappa shape index (κ1) is 18.1. The highest BCUT2D eigenvalue weighted by molar-refractivity contribution is 6.36. The molecule has 0 fully saturated rings. The maximum Gasteiger partial charge on any atom is 0.278 e. The Hall–Kier alpha value is -2.66. The van der Waals surface area contributed by atoms with Gasteiger partial charge in [-0.3, -0.25) is 14.5 Å². The van der Waals surface area contributed by atoms with Crippen LogP contribution in [0.2, 0.25) is 5.02 Å². The van der Waals surface area contributed by atoms with Crippen molar-refractivity contribution in [3.63, 3.8) is 0 Å². The molecule has 4 nitrogen and oxygen atoms in total. The van der Waals surface area contributed by atoms with Crippen LogP contribution in [0.3, 0.4) is 0 Å². The molecule has 2 amide bonds. The first-order valence-electron chi connectivity index (χ1n) is 8.26. The molecule has 0 spiro atoms. The van der Waals surface area contributed by atoms with Crippen molar-refractivity contribution in [1.82, 2.24) is 4.90 Å². The Morgan fingerprint density at radius 2 is 1.62 bits per heavy atom. The maximum absolute atomic E-state index is 13.1. The number of imide groups is 1. The lowest BCUT2D eigenvalue weighted by atomic mass is 10.0. The normalized spacial score (nSPS) is 14.6. The topological polar surface area (TPSA) is 49.4 Å². The molecule has 0 saturated carbocycles. The van der Waals surface area contributed by atoms with E-state index in [1.807, 2.05) is 13.8 Å². The van der Waals surface area contributed by atoms with Crippen LogP contribution in [-0.4, -0.2) is 23.3 Å². The van der Waals surface area contributed by atoms with Crippen molar-refractivity contribution in [2.45, 2.75) is 13.8 Å². The predicted octanol–water partition coefficient (Wildman–Crippen LogP) is 4.33. The second kappa shape index (κ2) is 7.30. The molecule has 2 aromatic carbocycles. The van der Waals surface area contributed by atoms with E-state index in [1.54, 1.807) is 24.3 Å². The van der Waals surface area contributed by atoms with E-state index >= 15 is 0 Å². The molecule has 0 bridgehead atoms. The number of anilines is 1. The summed E-state index contributed by atoms with van der Waals surface area (Å²) in [6.07, 6.45) is 0. The lowest BCUT2D eigenvalue weighted by Gasteiger charge is -2.17. The number of nitrogens with zero attached hydrogens (tertiary/aromatic N) is 1. The number of halogens is 2. The van der Waals surface area contributed by atoms with E-state index in [0.29, 0.717) is 22.8 Å². The van der Waals surface area contributed by atoms with Crippen LogP contribution in [-0.2, 0) is 9.59 Å². The van der Waals surface area contributed by atoms with Gasteiger partial charge in [0.05, 0.1) is 5.57 Å². The highest BCUT2D eigenvalue weighted by Crippen LogP contribution is 2.31. The SMILES string of the molecule is CC(C)CN1C(=O)C(Nc2ccc(F)cc2)=C(c2ccc(Cl)cc2)C1=O. The standard InChI is InChI=1S/C20H18ClFN2O2/c1-12(2)11-24-19(25)17(13-3-5-14(21)6-4-13)18(20(24)26)23-16-9-7-15(22)8-10-16/h3-10,12,23H,11H2,1-2H3. The Morgan fingerprint density at radius 1 is 1.00 bits per heavy atom. The van der Waals surface area contributed by atoms with Gasteiger partial charge in [0.1, 0.15) is 11.5 Å². The van der Waals surface area contributed by atoms with Gasteiger partial charge in [0.25, 0.3) is 11.8 Å². The molecule has 6 heteroatoms. The minimum absolute atomic E-state index is 0.138. The fourth-order valence-electron chi connectivity index (χ4n) is 2.78. The number of carbonyl (C=O) groups excluding carboxylic acids is 2. The monoisotopic (exact) mass is 372 g/mol. The summed E-state index contributed by atoms with van der Waals surface area (Å²) >= 11 is 5.93. The molecule has 0 aliphatic carbocycles. The van der Waals surface area contributed by atoms with E-state index in [1.165, 1.54) is 29.2 Å². The van der Waals surface area contributed by atoms with Gasteiger partial charge in [-0.25, -0.2) is 4.39 Å². The van der Waals surface area contributed by atoms with Gasteiger partial charge in [0.2, 0.25) is 0 Å². The molecule has 1 heterocycles. The fourth-order valence-corrected chi connectivity index (χ4v) is 2.91. The van der Waals surface area contributed by atoms with Crippen molar-refractivity contribution >= 4 is 34.7 Å². The summed E-state index contributed by atoms with van der Waals surface area (Å²) in [7, 11) is 0. The summed E-state index contributed by atoms with van der Waals surface area (Å²) in [6.45, 7) is 4.20. The van der Waals surface area contributed by atoms with Gasteiger partial charge >= 0.3 is 0 Å². The number of nitrogens with one attached hydrogen (secondary N) is 1. The van der Waals surface area contributed by atoms with Crippen LogP contribution >= 0.6 is 11.6 Å². The van der Waals surface area contributed by atoms with Gasteiger partial charge in [0, 0.05) is 17.3 Å². The third-order valence-corrected chi connectivity index (χ3v) is 4.21. The molecular weight excluding hydrogens is 355 g/mol. The number of amides is 2. The van der Waals surface area contributed by atoms with Crippen molar-refractivity contribution in [1.29, 1.82) is 0 Å². The van der Waals surface area contributed by atoms with Crippen LogP contribution in [0.1, 0.15) is 19.4 Å². The van der Waals surface area contributed by atoms with E-state index in [4.69, 9.17) is 11.6 Å². The molecule has 0 atom stereocenters. The number of rotatable bonds is 5. The molecule has 0 saturated heterocycles. The van der Waals surface area contributed by atoms with Crippen molar-refractivity contribution in [3.8, 4) is 0 Å². The second-order valence-corrected chi connectivity index (χ2v) is 6.94. The number of hydrogen-bond donors (Lipinski definition) is 1. The molecule has 0 aromatic heterocycles. The highest BCUT2D eigenvalue weighted by Gasteiger charge is 2.39. The van der Waals surface area contributed by atoms with Gasteiger partial charge in [-0.05, 0) is 47.9 Å². The van der Waals surface area contributed by atoms with Gasteiger partial charge in [0.15, 0.2) is 0 Å². The average molecular weight is 373 g/mol. The molecule has 2 aromatic rings. The van der Waals surface area contributed by atoms with Crippen LogP contribution in [0, 0.1) is 11.7 Å². The van der Waals surface area contributed by atoms with E-state index in [0.717, 1.165) is 0 Å². The van der Waals surface area contributed by atoms with Crippen LogP contribution in [0.15, 0.2) is 54.2 Å². The summed E-state index contributed by atoms with van der Waals surface area (Å²) in [4.78, 5) is 27.0. The molecular formula is C20H18ClFN2O2.